The molecule has 0 aromatic carbocycles. The fraction of sp³-hybridized carbons (Fsp3) is 1.00. The minimum atomic E-state index is -1.16. The molecule has 4 heteroatoms. The van der Waals surface area contributed by atoms with E-state index in [2.05, 4.69) is 22.8 Å². The summed E-state index contributed by atoms with van der Waals surface area (Å²) in [5.41, 5.74) is 1.02. The minimum absolute atomic E-state index is 1.02. The zero-order valence-electron chi connectivity index (χ0n) is 7.29. The molecule has 0 radical (unpaired) electrons. The molecule has 0 unspecified atom stereocenters. The van der Waals surface area contributed by atoms with E-state index in [-0.39, 0.29) is 0 Å². The molecule has 0 aromatic heterocycles. The number of hydrogen-bond donors (Lipinski definition) is 1. The average Bonchev–Trinajstić information content (AvgIpc) is 2.55. The van der Waals surface area contributed by atoms with E-state index in [0.29, 0.717) is 0 Å². The summed E-state index contributed by atoms with van der Waals surface area (Å²) in [6.45, 7) is 0. The quantitative estimate of drug-likeness (QED) is 0.538. The Morgan fingerprint density at radius 1 is 1.00 bits per heavy atom. The van der Waals surface area contributed by atoms with Gasteiger partial charge in [0.15, 0.2) is 0 Å². The molecular formula is C8H17PS3. The molecule has 1 saturated heterocycles. The second-order valence-electron chi connectivity index (χ2n) is 3.66. The molecule has 2 rings (SSSR count). The molecule has 2 fully saturated rings. The Hall–Kier alpha value is 1.48. The van der Waals surface area contributed by atoms with Gasteiger partial charge in [-0.2, -0.15) is 0 Å². The van der Waals surface area contributed by atoms with Gasteiger partial charge in [0.1, 0.15) is 0 Å². The molecular weight excluding hydrogens is 223 g/mol. The zero-order valence-corrected chi connectivity index (χ0v) is 10.8. The van der Waals surface area contributed by atoms with Crippen molar-refractivity contribution >= 4 is 39.9 Å². The van der Waals surface area contributed by atoms with Crippen LogP contribution in [-0.2, 0) is 0 Å². The Balaban J connectivity index is 1.96. The first-order valence-electron chi connectivity index (χ1n) is 4.81. The molecule has 1 aliphatic heterocycles. The molecule has 0 N–H and O–H groups in total. The van der Waals surface area contributed by atoms with E-state index in [1.807, 2.05) is 0 Å². The number of rotatable bonds is 1. The monoisotopic (exact) mass is 240 g/mol. The topological polar surface area (TPSA) is 0 Å². The molecule has 1 heterocycles. The number of thiol groups is 1. The van der Waals surface area contributed by atoms with Crippen molar-refractivity contribution in [2.24, 2.45) is 0 Å². The van der Waals surface area contributed by atoms with Crippen molar-refractivity contribution in [1.82, 2.24) is 0 Å². The van der Waals surface area contributed by atoms with Crippen molar-refractivity contribution in [2.45, 2.75) is 37.8 Å². The van der Waals surface area contributed by atoms with Crippen LogP contribution in [0.25, 0.3) is 0 Å². The van der Waals surface area contributed by atoms with Crippen LogP contribution in [0.1, 0.15) is 32.1 Å². The molecule has 0 nitrogen and oxygen atoms in total. The van der Waals surface area contributed by atoms with Gasteiger partial charge in [-0.15, -0.1) is 0 Å². The van der Waals surface area contributed by atoms with Gasteiger partial charge in [-0.25, -0.2) is 0 Å². The Kier molecular flexibility index (Phi) is 3.62. The van der Waals surface area contributed by atoms with Crippen LogP contribution in [0.15, 0.2) is 0 Å². The van der Waals surface area contributed by atoms with Crippen molar-refractivity contribution in [3.63, 3.8) is 0 Å². The van der Waals surface area contributed by atoms with Gasteiger partial charge in [-0.3, -0.25) is 0 Å². The van der Waals surface area contributed by atoms with Crippen LogP contribution in [0.4, 0.5) is 0 Å². The summed E-state index contributed by atoms with van der Waals surface area (Å²) in [5.74, 6) is 2.74. The van der Waals surface area contributed by atoms with Crippen molar-refractivity contribution in [1.29, 1.82) is 0 Å². The molecule has 0 bridgehead atoms. The van der Waals surface area contributed by atoms with E-state index in [1.54, 1.807) is 0 Å². The van der Waals surface area contributed by atoms with Gasteiger partial charge < -0.3 is 0 Å². The maximum atomic E-state index is 4.99. The van der Waals surface area contributed by atoms with Crippen LogP contribution in [0.3, 0.4) is 0 Å². The fourth-order valence-electron chi connectivity index (χ4n) is 2.12. The number of hydrogen-bond acceptors (Lipinski definition) is 3. The summed E-state index contributed by atoms with van der Waals surface area (Å²) in [6, 6.07) is 0. The van der Waals surface area contributed by atoms with Gasteiger partial charge in [0, 0.05) is 0 Å². The molecule has 0 aromatic rings. The second-order valence-corrected chi connectivity index (χ2v) is 17.4. The van der Waals surface area contributed by atoms with Crippen LogP contribution >= 0.6 is 39.9 Å². The predicted octanol–water partition coefficient (Wildman–Crippen LogP) is 4.22. The van der Waals surface area contributed by atoms with Gasteiger partial charge in [0.25, 0.3) is 0 Å². The SMILES string of the molecule is S[PH]1(C2CCCCC2)SCCS1. The van der Waals surface area contributed by atoms with E-state index in [4.69, 9.17) is 12.2 Å². The fourth-order valence-corrected chi connectivity index (χ4v) is 16.1. The summed E-state index contributed by atoms with van der Waals surface area (Å²) in [7, 11) is 0. The summed E-state index contributed by atoms with van der Waals surface area (Å²) in [6.07, 6.45) is 7.39. The van der Waals surface area contributed by atoms with Gasteiger partial charge >= 0.3 is 89.1 Å². The van der Waals surface area contributed by atoms with Crippen molar-refractivity contribution in [2.75, 3.05) is 11.5 Å². The average molecular weight is 240 g/mol. The third kappa shape index (κ3) is 2.10. The van der Waals surface area contributed by atoms with Gasteiger partial charge in [-0.05, 0) is 0 Å². The van der Waals surface area contributed by atoms with Crippen LogP contribution in [0.2, 0.25) is 0 Å². The first kappa shape index (κ1) is 10.0. The maximum absolute atomic E-state index is 4.99. The third-order valence-electron chi connectivity index (χ3n) is 2.82. The molecule has 0 spiro atoms. The summed E-state index contributed by atoms with van der Waals surface area (Å²) < 4.78 is 0. The molecule has 2 aliphatic rings. The predicted molar refractivity (Wildman–Crippen MR) is 69.1 cm³/mol. The van der Waals surface area contributed by atoms with Gasteiger partial charge in [-0.1, -0.05) is 0 Å². The van der Waals surface area contributed by atoms with Crippen molar-refractivity contribution in [3.8, 4) is 0 Å². The van der Waals surface area contributed by atoms with E-state index in [1.165, 1.54) is 43.6 Å². The van der Waals surface area contributed by atoms with Gasteiger partial charge in [0.2, 0.25) is 0 Å². The van der Waals surface area contributed by atoms with E-state index in [9.17, 15) is 0 Å². The Morgan fingerprint density at radius 3 is 2.17 bits per heavy atom. The molecule has 0 atom stereocenters. The summed E-state index contributed by atoms with van der Waals surface area (Å²) in [4.78, 5) is -1.16. The summed E-state index contributed by atoms with van der Waals surface area (Å²) in [5, 5.41) is 0. The summed E-state index contributed by atoms with van der Waals surface area (Å²) >= 11 is 9.42. The molecule has 12 heavy (non-hydrogen) atoms. The Labute approximate surface area is 89.0 Å². The zero-order chi connectivity index (χ0) is 8.44. The van der Waals surface area contributed by atoms with E-state index in [0.717, 1.165) is 5.66 Å². The molecule has 72 valence electrons. The van der Waals surface area contributed by atoms with E-state index < -0.39 is 4.87 Å². The molecule has 1 saturated carbocycles. The Morgan fingerprint density at radius 2 is 1.58 bits per heavy atom. The van der Waals surface area contributed by atoms with E-state index >= 15 is 0 Å². The molecule has 0 amide bonds. The normalized spacial score (nSPS) is 33.4. The van der Waals surface area contributed by atoms with Crippen molar-refractivity contribution in [3.05, 3.63) is 0 Å². The van der Waals surface area contributed by atoms with Crippen LogP contribution in [-0.4, -0.2) is 17.2 Å². The van der Waals surface area contributed by atoms with Gasteiger partial charge in [0.05, 0.1) is 0 Å². The molecule has 1 aliphatic carbocycles. The van der Waals surface area contributed by atoms with Crippen LogP contribution in [0, 0.1) is 0 Å². The standard InChI is InChI=1S/C8H17PS3/c10-9(11-6-7-12-9)8-4-2-1-3-5-8/h8-10H,1-7H2. The Bertz CT molecular complexity index is 150. The third-order valence-corrected chi connectivity index (χ3v) is 17.6. The second kappa shape index (κ2) is 4.33. The van der Waals surface area contributed by atoms with Crippen molar-refractivity contribution < 1.29 is 0 Å². The van der Waals surface area contributed by atoms with Crippen LogP contribution in [0.5, 0.6) is 0 Å². The first-order valence-corrected chi connectivity index (χ1v) is 11.6. The van der Waals surface area contributed by atoms with Crippen LogP contribution < -0.4 is 0 Å². The first-order chi connectivity index (χ1) is 5.81.